The second-order valence-corrected chi connectivity index (χ2v) is 3.37. The van der Waals surface area contributed by atoms with Gasteiger partial charge in [0.2, 0.25) is 5.95 Å². The molecule has 6 heteroatoms. The van der Waals surface area contributed by atoms with Crippen molar-refractivity contribution in [3.63, 3.8) is 0 Å². The Morgan fingerprint density at radius 3 is 2.65 bits per heavy atom. The fraction of sp³-hybridized carbons (Fsp3) is 0.182. The number of benzene rings is 1. The van der Waals surface area contributed by atoms with Gasteiger partial charge in [0.05, 0.1) is 6.61 Å². The Hall–Kier alpha value is -2.21. The molecule has 0 atom stereocenters. The lowest BCUT2D eigenvalue weighted by molar-refractivity contribution is 0.310. The van der Waals surface area contributed by atoms with Crippen molar-refractivity contribution < 1.29 is 5.11 Å². The van der Waals surface area contributed by atoms with Gasteiger partial charge in [-0.25, -0.2) is 0 Å². The van der Waals surface area contributed by atoms with Gasteiger partial charge in [-0.05, 0) is 0 Å². The zero-order valence-corrected chi connectivity index (χ0v) is 9.05. The molecule has 1 aromatic carbocycles. The molecule has 0 unspecified atom stereocenters. The van der Waals surface area contributed by atoms with Crippen molar-refractivity contribution in [1.82, 2.24) is 15.2 Å². The number of H-pyrrole nitrogens is 1. The number of nitrogens with zero attached hydrogens (tertiary/aromatic N) is 2. The third kappa shape index (κ3) is 2.67. The van der Waals surface area contributed by atoms with Gasteiger partial charge in [-0.2, -0.15) is 0 Å². The SMILES string of the molecule is O=c1[nH]c(NCCO)nnc1-c1ccccc1. The molecule has 0 aliphatic heterocycles. The summed E-state index contributed by atoms with van der Waals surface area (Å²) in [7, 11) is 0. The first kappa shape index (κ1) is 11.3. The summed E-state index contributed by atoms with van der Waals surface area (Å²) in [6.45, 7) is 0.277. The van der Waals surface area contributed by atoms with E-state index in [-0.39, 0.29) is 23.8 Å². The Balaban J connectivity index is 2.30. The Morgan fingerprint density at radius 1 is 1.24 bits per heavy atom. The van der Waals surface area contributed by atoms with E-state index >= 15 is 0 Å². The molecule has 0 aliphatic carbocycles. The van der Waals surface area contributed by atoms with Crippen molar-refractivity contribution in [2.45, 2.75) is 0 Å². The average Bonchev–Trinajstić information content (AvgIpc) is 2.37. The minimum absolute atomic E-state index is 0.0376. The number of nitrogens with one attached hydrogen (secondary N) is 2. The van der Waals surface area contributed by atoms with Crippen LogP contribution in [-0.4, -0.2) is 33.4 Å². The number of aromatic nitrogens is 3. The normalized spacial score (nSPS) is 10.2. The maximum atomic E-state index is 11.7. The van der Waals surface area contributed by atoms with Crippen molar-refractivity contribution in [2.75, 3.05) is 18.5 Å². The van der Waals surface area contributed by atoms with Gasteiger partial charge in [-0.3, -0.25) is 9.78 Å². The summed E-state index contributed by atoms with van der Waals surface area (Å²) in [4.78, 5) is 14.3. The largest absolute Gasteiger partial charge is 0.395 e. The van der Waals surface area contributed by atoms with Crippen molar-refractivity contribution >= 4 is 5.95 Å². The van der Waals surface area contributed by atoms with E-state index in [2.05, 4.69) is 20.5 Å². The lowest BCUT2D eigenvalue weighted by Crippen LogP contribution is -2.18. The molecule has 0 amide bonds. The molecule has 17 heavy (non-hydrogen) atoms. The van der Waals surface area contributed by atoms with E-state index in [1.807, 2.05) is 18.2 Å². The van der Waals surface area contributed by atoms with Crippen LogP contribution in [0.5, 0.6) is 0 Å². The first-order valence-electron chi connectivity index (χ1n) is 5.18. The van der Waals surface area contributed by atoms with Crippen LogP contribution in [0.15, 0.2) is 35.1 Å². The van der Waals surface area contributed by atoms with Crippen LogP contribution in [0.4, 0.5) is 5.95 Å². The molecule has 0 bridgehead atoms. The highest BCUT2D eigenvalue weighted by molar-refractivity contribution is 5.57. The molecule has 0 radical (unpaired) electrons. The topological polar surface area (TPSA) is 90.9 Å². The molecule has 1 aromatic heterocycles. The summed E-state index contributed by atoms with van der Waals surface area (Å²) in [5.74, 6) is 0.253. The molecule has 0 saturated heterocycles. The third-order valence-corrected chi connectivity index (χ3v) is 2.15. The number of aromatic amines is 1. The standard InChI is InChI=1S/C11H12N4O2/c16-7-6-12-11-13-10(17)9(14-15-11)8-4-2-1-3-5-8/h1-5,16H,6-7H2,(H2,12,13,15,17). The van der Waals surface area contributed by atoms with Gasteiger partial charge in [-0.15, -0.1) is 10.2 Å². The summed E-state index contributed by atoms with van der Waals surface area (Å²) in [6.07, 6.45) is 0. The minimum Gasteiger partial charge on any atom is -0.395 e. The Kier molecular flexibility index (Phi) is 3.46. The highest BCUT2D eigenvalue weighted by Gasteiger charge is 2.06. The molecule has 0 saturated carbocycles. The van der Waals surface area contributed by atoms with Crippen molar-refractivity contribution in [2.24, 2.45) is 0 Å². The van der Waals surface area contributed by atoms with Crippen LogP contribution in [0.2, 0.25) is 0 Å². The van der Waals surface area contributed by atoms with Crippen LogP contribution >= 0.6 is 0 Å². The quantitative estimate of drug-likeness (QED) is 0.702. The monoisotopic (exact) mass is 232 g/mol. The van der Waals surface area contributed by atoms with Crippen LogP contribution in [0.3, 0.4) is 0 Å². The first-order valence-corrected chi connectivity index (χ1v) is 5.18. The minimum atomic E-state index is -0.313. The van der Waals surface area contributed by atoms with Crippen LogP contribution in [0.25, 0.3) is 11.3 Å². The predicted octanol–water partition coefficient (Wildman–Crippen LogP) is 0.236. The van der Waals surface area contributed by atoms with Gasteiger partial charge < -0.3 is 10.4 Å². The molecular weight excluding hydrogens is 220 g/mol. The van der Waals surface area contributed by atoms with E-state index < -0.39 is 0 Å². The van der Waals surface area contributed by atoms with E-state index in [1.54, 1.807) is 12.1 Å². The van der Waals surface area contributed by atoms with Crippen LogP contribution in [-0.2, 0) is 0 Å². The zero-order chi connectivity index (χ0) is 12.1. The van der Waals surface area contributed by atoms with Crippen LogP contribution in [0, 0.1) is 0 Å². The number of rotatable bonds is 4. The molecule has 6 nitrogen and oxygen atoms in total. The smallest absolute Gasteiger partial charge is 0.279 e. The summed E-state index contributed by atoms with van der Waals surface area (Å²) in [5, 5.41) is 19.1. The number of hydrogen-bond acceptors (Lipinski definition) is 5. The van der Waals surface area contributed by atoms with Gasteiger partial charge in [0.1, 0.15) is 0 Å². The van der Waals surface area contributed by atoms with E-state index in [1.165, 1.54) is 0 Å². The Morgan fingerprint density at radius 2 is 2.00 bits per heavy atom. The van der Waals surface area contributed by atoms with Gasteiger partial charge in [0, 0.05) is 12.1 Å². The average molecular weight is 232 g/mol. The van der Waals surface area contributed by atoms with Crippen LogP contribution in [0.1, 0.15) is 0 Å². The summed E-state index contributed by atoms with van der Waals surface area (Å²) in [6, 6.07) is 9.10. The van der Waals surface area contributed by atoms with Crippen molar-refractivity contribution in [3.8, 4) is 11.3 Å². The summed E-state index contributed by atoms with van der Waals surface area (Å²) in [5.41, 5.74) is 0.682. The van der Waals surface area contributed by atoms with Crippen molar-refractivity contribution in [3.05, 3.63) is 40.7 Å². The molecule has 2 rings (SSSR count). The Bertz CT molecular complexity index is 539. The second-order valence-electron chi connectivity index (χ2n) is 3.37. The highest BCUT2D eigenvalue weighted by atomic mass is 16.3. The maximum absolute atomic E-state index is 11.7. The summed E-state index contributed by atoms with van der Waals surface area (Å²) >= 11 is 0. The summed E-state index contributed by atoms with van der Waals surface area (Å²) < 4.78 is 0. The zero-order valence-electron chi connectivity index (χ0n) is 9.05. The third-order valence-electron chi connectivity index (χ3n) is 2.15. The van der Waals surface area contributed by atoms with Gasteiger partial charge in [0.25, 0.3) is 5.56 Å². The lowest BCUT2D eigenvalue weighted by Gasteiger charge is -2.03. The molecule has 1 heterocycles. The van der Waals surface area contributed by atoms with E-state index in [9.17, 15) is 4.79 Å². The number of anilines is 1. The Labute approximate surface area is 97.4 Å². The van der Waals surface area contributed by atoms with Gasteiger partial charge in [-0.1, -0.05) is 30.3 Å². The molecule has 3 N–H and O–H groups in total. The number of aliphatic hydroxyl groups excluding tert-OH is 1. The molecule has 2 aromatic rings. The molecule has 0 spiro atoms. The van der Waals surface area contributed by atoms with E-state index in [0.717, 1.165) is 5.56 Å². The predicted molar refractivity (Wildman–Crippen MR) is 63.7 cm³/mol. The highest BCUT2D eigenvalue weighted by Crippen LogP contribution is 2.10. The molecule has 0 fully saturated rings. The molecular formula is C11H12N4O2. The fourth-order valence-corrected chi connectivity index (χ4v) is 1.38. The first-order chi connectivity index (χ1) is 8.31. The molecule has 0 aliphatic rings. The van der Waals surface area contributed by atoms with Crippen LogP contribution < -0.4 is 10.9 Å². The van der Waals surface area contributed by atoms with Gasteiger partial charge in [0.15, 0.2) is 5.69 Å². The number of hydrogen-bond donors (Lipinski definition) is 3. The lowest BCUT2D eigenvalue weighted by atomic mass is 10.2. The number of aliphatic hydroxyl groups is 1. The van der Waals surface area contributed by atoms with Gasteiger partial charge >= 0.3 is 0 Å². The van der Waals surface area contributed by atoms with Crippen molar-refractivity contribution in [1.29, 1.82) is 0 Å². The second kappa shape index (κ2) is 5.22. The maximum Gasteiger partial charge on any atom is 0.279 e. The van der Waals surface area contributed by atoms with E-state index in [0.29, 0.717) is 6.54 Å². The fourth-order valence-electron chi connectivity index (χ4n) is 1.38. The molecule has 88 valence electrons. The van der Waals surface area contributed by atoms with E-state index in [4.69, 9.17) is 5.11 Å².